The first-order chi connectivity index (χ1) is 7.32. The van der Waals surface area contributed by atoms with Gasteiger partial charge in [-0.15, -0.1) is 0 Å². The first-order valence-electron chi connectivity index (χ1n) is 5.04. The molecule has 0 bridgehead atoms. The fourth-order valence-electron chi connectivity index (χ4n) is 1.96. The molecular weight excluding hydrogens is 221 g/mol. The molecule has 1 aliphatic rings. The largest absolute Gasteiger partial charge is 0.435 e. The van der Waals surface area contributed by atoms with Crippen LogP contribution in [0.2, 0.25) is 0 Å². The van der Waals surface area contributed by atoms with Crippen LogP contribution in [0.1, 0.15) is 48.1 Å². The van der Waals surface area contributed by atoms with Gasteiger partial charge in [0, 0.05) is 18.0 Å². The smallest absolute Gasteiger partial charge is 0.292 e. The second-order valence-electron chi connectivity index (χ2n) is 4.14. The number of alkyl halides is 3. The Balaban J connectivity index is 2.64. The van der Waals surface area contributed by atoms with Crippen molar-refractivity contribution >= 4 is 5.78 Å². The predicted octanol–water partition coefficient (Wildman–Crippen LogP) is 2.61. The lowest BCUT2D eigenvalue weighted by atomic mass is 10.2. The van der Waals surface area contributed by atoms with E-state index in [9.17, 15) is 18.0 Å². The molecule has 0 unspecified atom stereocenters. The maximum atomic E-state index is 12.7. The van der Waals surface area contributed by atoms with Gasteiger partial charge in [-0.25, -0.2) is 0 Å². The molecule has 1 aliphatic carbocycles. The highest BCUT2D eigenvalue weighted by Crippen LogP contribution is 2.37. The molecule has 0 aromatic carbocycles. The summed E-state index contributed by atoms with van der Waals surface area (Å²) in [4.78, 5) is 11.5. The molecule has 88 valence electrons. The van der Waals surface area contributed by atoms with Crippen molar-refractivity contribution in [2.24, 2.45) is 0 Å². The topological polar surface area (TPSA) is 34.9 Å². The Morgan fingerprint density at radius 3 is 2.44 bits per heavy atom. The summed E-state index contributed by atoms with van der Waals surface area (Å²) < 4.78 is 39.2. The number of hydrogen-bond donors (Lipinski definition) is 0. The summed E-state index contributed by atoms with van der Waals surface area (Å²) in [5.74, 6) is -0.244. The number of rotatable bonds is 1. The standard InChI is InChI=1S/C10H11F3N2O/c1-5(2)15-8-6(3-4-7(8)16)9(14-15)10(11,12)13/h5H,3-4H2,1-2H3. The SMILES string of the molecule is CC(C)n1nc(C(F)(F)F)c2c1C(=O)CC2. The van der Waals surface area contributed by atoms with E-state index >= 15 is 0 Å². The zero-order chi connectivity index (χ0) is 12.1. The van der Waals surface area contributed by atoms with Crippen molar-refractivity contribution in [3.8, 4) is 0 Å². The third-order valence-corrected chi connectivity index (χ3v) is 2.63. The molecule has 0 N–H and O–H groups in total. The van der Waals surface area contributed by atoms with Crippen molar-refractivity contribution < 1.29 is 18.0 Å². The Hall–Kier alpha value is -1.33. The zero-order valence-corrected chi connectivity index (χ0v) is 8.93. The van der Waals surface area contributed by atoms with E-state index in [1.165, 1.54) is 4.68 Å². The van der Waals surface area contributed by atoms with Gasteiger partial charge in [-0.2, -0.15) is 18.3 Å². The molecular formula is C10H11F3N2O. The molecule has 0 spiro atoms. The summed E-state index contributed by atoms with van der Waals surface area (Å²) in [5, 5.41) is 3.52. The average Bonchev–Trinajstić information content (AvgIpc) is 2.65. The number of carbonyl (C=O) groups is 1. The maximum absolute atomic E-state index is 12.7. The van der Waals surface area contributed by atoms with E-state index < -0.39 is 11.9 Å². The van der Waals surface area contributed by atoms with E-state index in [2.05, 4.69) is 5.10 Å². The van der Waals surface area contributed by atoms with Crippen molar-refractivity contribution in [1.82, 2.24) is 9.78 Å². The van der Waals surface area contributed by atoms with Gasteiger partial charge in [0.2, 0.25) is 0 Å². The fourth-order valence-corrected chi connectivity index (χ4v) is 1.96. The monoisotopic (exact) mass is 232 g/mol. The molecule has 0 atom stereocenters. The molecule has 2 rings (SSSR count). The molecule has 0 radical (unpaired) electrons. The Morgan fingerprint density at radius 1 is 1.31 bits per heavy atom. The van der Waals surface area contributed by atoms with Crippen LogP contribution in [-0.4, -0.2) is 15.6 Å². The molecule has 16 heavy (non-hydrogen) atoms. The van der Waals surface area contributed by atoms with Gasteiger partial charge in [0.15, 0.2) is 11.5 Å². The lowest BCUT2D eigenvalue weighted by Crippen LogP contribution is -2.13. The van der Waals surface area contributed by atoms with Crippen molar-refractivity contribution in [2.45, 2.75) is 38.9 Å². The third kappa shape index (κ3) is 1.52. The highest BCUT2D eigenvalue weighted by Gasteiger charge is 2.42. The normalized spacial score (nSPS) is 16.0. The highest BCUT2D eigenvalue weighted by molar-refractivity contribution is 5.99. The molecule has 1 heterocycles. The maximum Gasteiger partial charge on any atom is 0.435 e. The number of hydrogen-bond acceptors (Lipinski definition) is 2. The van der Waals surface area contributed by atoms with E-state index in [-0.39, 0.29) is 35.9 Å². The van der Waals surface area contributed by atoms with Crippen LogP contribution in [0.25, 0.3) is 0 Å². The minimum Gasteiger partial charge on any atom is -0.292 e. The molecule has 1 aromatic rings. The van der Waals surface area contributed by atoms with Crippen LogP contribution in [0.15, 0.2) is 0 Å². The van der Waals surface area contributed by atoms with Crippen LogP contribution in [-0.2, 0) is 12.6 Å². The number of fused-ring (bicyclic) bond motifs is 1. The van der Waals surface area contributed by atoms with Crippen LogP contribution in [0.3, 0.4) is 0 Å². The number of ketones is 1. The lowest BCUT2D eigenvalue weighted by Gasteiger charge is -2.08. The number of Topliss-reactive ketones (excluding diaryl/α,β-unsaturated/α-hetero) is 1. The van der Waals surface area contributed by atoms with Gasteiger partial charge in [-0.05, 0) is 20.3 Å². The number of nitrogens with zero attached hydrogens (tertiary/aromatic N) is 2. The van der Waals surface area contributed by atoms with Crippen molar-refractivity contribution in [1.29, 1.82) is 0 Å². The Bertz CT molecular complexity index is 446. The minimum atomic E-state index is -4.48. The molecule has 6 heteroatoms. The van der Waals surface area contributed by atoms with E-state index in [1.54, 1.807) is 13.8 Å². The van der Waals surface area contributed by atoms with Gasteiger partial charge in [0.05, 0.1) is 0 Å². The van der Waals surface area contributed by atoms with Gasteiger partial charge >= 0.3 is 6.18 Å². The molecule has 0 aliphatic heterocycles. The summed E-state index contributed by atoms with van der Waals surface area (Å²) >= 11 is 0. The summed E-state index contributed by atoms with van der Waals surface area (Å²) in [6.07, 6.45) is -4.17. The Morgan fingerprint density at radius 2 is 1.94 bits per heavy atom. The number of halogens is 3. The zero-order valence-electron chi connectivity index (χ0n) is 8.93. The van der Waals surface area contributed by atoms with Gasteiger partial charge in [-0.1, -0.05) is 0 Å². The van der Waals surface area contributed by atoms with Gasteiger partial charge in [-0.3, -0.25) is 9.48 Å². The number of aromatic nitrogens is 2. The van der Waals surface area contributed by atoms with Gasteiger partial charge in [0.1, 0.15) is 5.69 Å². The van der Waals surface area contributed by atoms with Crippen molar-refractivity contribution in [3.05, 3.63) is 17.0 Å². The molecule has 1 aromatic heterocycles. The van der Waals surface area contributed by atoms with E-state index in [4.69, 9.17) is 0 Å². The van der Waals surface area contributed by atoms with Crippen LogP contribution in [0.5, 0.6) is 0 Å². The van der Waals surface area contributed by atoms with Gasteiger partial charge in [0.25, 0.3) is 0 Å². The predicted molar refractivity (Wildman–Crippen MR) is 50.3 cm³/mol. The lowest BCUT2D eigenvalue weighted by molar-refractivity contribution is -0.142. The molecule has 0 saturated heterocycles. The summed E-state index contributed by atoms with van der Waals surface area (Å²) in [5.41, 5.74) is -0.699. The Labute approximate surface area is 90.2 Å². The van der Waals surface area contributed by atoms with Crippen LogP contribution < -0.4 is 0 Å². The molecule has 0 fully saturated rings. The Kier molecular flexibility index (Phi) is 2.32. The minimum absolute atomic E-state index is 0.0613. The quantitative estimate of drug-likeness (QED) is 0.746. The second kappa shape index (κ2) is 3.33. The van der Waals surface area contributed by atoms with Crippen molar-refractivity contribution in [2.75, 3.05) is 0 Å². The molecule has 3 nitrogen and oxygen atoms in total. The van der Waals surface area contributed by atoms with Gasteiger partial charge < -0.3 is 0 Å². The highest BCUT2D eigenvalue weighted by atomic mass is 19.4. The van der Waals surface area contributed by atoms with Crippen LogP contribution >= 0.6 is 0 Å². The molecule has 0 amide bonds. The first kappa shape index (κ1) is 11.2. The first-order valence-corrected chi connectivity index (χ1v) is 5.04. The third-order valence-electron chi connectivity index (χ3n) is 2.63. The van der Waals surface area contributed by atoms with E-state index in [0.717, 1.165) is 0 Å². The van der Waals surface area contributed by atoms with Crippen molar-refractivity contribution in [3.63, 3.8) is 0 Å². The number of carbonyl (C=O) groups excluding carboxylic acids is 1. The summed E-state index contributed by atoms with van der Waals surface area (Å²) in [6, 6.07) is -0.244. The van der Waals surface area contributed by atoms with Crippen LogP contribution in [0.4, 0.5) is 13.2 Å². The van der Waals surface area contributed by atoms with Crippen LogP contribution in [0, 0.1) is 0 Å². The summed E-state index contributed by atoms with van der Waals surface area (Å²) in [7, 11) is 0. The fraction of sp³-hybridized carbons (Fsp3) is 0.600. The second-order valence-corrected chi connectivity index (χ2v) is 4.14. The average molecular weight is 232 g/mol. The van der Waals surface area contributed by atoms with E-state index in [1.807, 2.05) is 0 Å². The van der Waals surface area contributed by atoms with E-state index in [0.29, 0.717) is 0 Å². The summed E-state index contributed by atoms with van der Waals surface area (Å²) in [6.45, 7) is 3.41. The molecule has 0 saturated carbocycles.